The van der Waals surface area contributed by atoms with Gasteiger partial charge in [-0.2, -0.15) is 0 Å². The van der Waals surface area contributed by atoms with Crippen LogP contribution in [0, 0.1) is 0 Å². The Labute approximate surface area is 104 Å². The molecular weight excluding hydrogens is 240 g/mol. The Hall–Kier alpha value is 0.274. The Bertz CT molecular complexity index is 138. The molecule has 0 bridgehead atoms. The van der Waals surface area contributed by atoms with Crippen molar-refractivity contribution in [2.24, 2.45) is 0 Å². The summed E-state index contributed by atoms with van der Waals surface area (Å²) < 4.78 is 21.0. The quantitative estimate of drug-likeness (QED) is 0.436. The molecule has 0 aliphatic heterocycles. The van der Waals surface area contributed by atoms with Crippen molar-refractivity contribution in [3.8, 4) is 0 Å². The molecule has 0 unspecified atom stereocenters. The molecule has 0 heterocycles. The van der Waals surface area contributed by atoms with E-state index in [9.17, 15) is 0 Å². The zero-order valence-corrected chi connectivity index (χ0v) is 12.8. The molecule has 0 saturated heterocycles. The van der Waals surface area contributed by atoms with Crippen molar-refractivity contribution in [2.75, 3.05) is 28.4 Å². The number of methoxy groups -OCH3 is 4. The SMILES string of the molecule is CCCC([Si]C(OC)OC)[Si]C(OC)OC. The van der Waals surface area contributed by atoms with E-state index in [4.69, 9.17) is 18.9 Å². The fourth-order valence-electron chi connectivity index (χ4n) is 1.30. The average Bonchev–Trinajstić information content (AvgIpc) is 2.32. The molecule has 0 rings (SSSR count). The molecule has 16 heavy (non-hydrogen) atoms. The van der Waals surface area contributed by atoms with Gasteiger partial charge in [0, 0.05) is 28.4 Å². The smallest absolute Gasteiger partial charge is 0.136 e. The maximum Gasteiger partial charge on any atom is 0.136 e. The number of rotatable bonds is 10. The van der Waals surface area contributed by atoms with Gasteiger partial charge < -0.3 is 18.9 Å². The van der Waals surface area contributed by atoms with Gasteiger partial charge in [0.05, 0.1) is 0 Å². The van der Waals surface area contributed by atoms with Crippen molar-refractivity contribution >= 4 is 19.0 Å². The molecule has 0 saturated carbocycles. The van der Waals surface area contributed by atoms with Crippen LogP contribution in [0.2, 0.25) is 5.16 Å². The maximum absolute atomic E-state index is 5.24. The third-order valence-corrected chi connectivity index (χ3v) is 5.98. The zero-order valence-electron chi connectivity index (χ0n) is 10.8. The molecule has 0 aromatic rings. The summed E-state index contributed by atoms with van der Waals surface area (Å²) in [7, 11) is 7.97. The van der Waals surface area contributed by atoms with Crippen LogP contribution in [0.4, 0.5) is 0 Å². The first-order chi connectivity index (χ1) is 7.71. The van der Waals surface area contributed by atoms with E-state index in [0.29, 0.717) is 24.2 Å². The zero-order chi connectivity index (χ0) is 12.4. The fourth-order valence-corrected chi connectivity index (χ4v) is 4.61. The molecule has 0 aromatic heterocycles. The predicted octanol–water partition coefficient (Wildman–Crippen LogP) is 1.09. The molecule has 4 radical (unpaired) electrons. The first-order valence-electron chi connectivity index (χ1n) is 5.35. The van der Waals surface area contributed by atoms with Gasteiger partial charge in [-0.3, -0.25) is 0 Å². The van der Waals surface area contributed by atoms with Crippen LogP contribution >= 0.6 is 0 Å². The third kappa shape index (κ3) is 6.77. The van der Waals surface area contributed by atoms with Crippen molar-refractivity contribution in [3.05, 3.63) is 0 Å². The summed E-state index contributed by atoms with van der Waals surface area (Å²) >= 11 is 0. The molecule has 0 aromatic carbocycles. The van der Waals surface area contributed by atoms with Gasteiger partial charge in [-0.15, -0.1) is 0 Å². The van der Waals surface area contributed by atoms with Gasteiger partial charge >= 0.3 is 0 Å². The van der Waals surface area contributed by atoms with Crippen molar-refractivity contribution in [2.45, 2.75) is 36.8 Å². The molecule has 94 valence electrons. The summed E-state index contributed by atoms with van der Waals surface area (Å²) in [4.78, 5) is 0. The van der Waals surface area contributed by atoms with E-state index in [0.717, 1.165) is 12.8 Å². The minimum atomic E-state index is -0.0987. The summed E-state index contributed by atoms with van der Waals surface area (Å²) in [5, 5.41) is 0.555. The maximum atomic E-state index is 5.24. The van der Waals surface area contributed by atoms with Crippen LogP contribution in [0.15, 0.2) is 0 Å². The van der Waals surface area contributed by atoms with Gasteiger partial charge in [-0.05, 0) is 5.16 Å². The Morgan fingerprint density at radius 2 is 1.19 bits per heavy atom. The van der Waals surface area contributed by atoms with Crippen LogP contribution in [-0.2, 0) is 18.9 Å². The first kappa shape index (κ1) is 16.3. The van der Waals surface area contributed by atoms with E-state index in [-0.39, 0.29) is 11.8 Å². The van der Waals surface area contributed by atoms with E-state index in [1.807, 2.05) is 0 Å². The second-order valence-corrected chi connectivity index (χ2v) is 6.86. The molecular formula is C10H22O4Si2. The van der Waals surface area contributed by atoms with Crippen molar-refractivity contribution in [1.82, 2.24) is 0 Å². The van der Waals surface area contributed by atoms with Crippen LogP contribution in [-0.4, -0.2) is 59.3 Å². The Morgan fingerprint density at radius 3 is 1.44 bits per heavy atom. The van der Waals surface area contributed by atoms with Gasteiger partial charge in [-0.1, -0.05) is 19.8 Å². The number of hydrogen-bond donors (Lipinski definition) is 0. The Morgan fingerprint density at radius 1 is 0.812 bits per heavy atom. The highest BCUT2D eigenvalue weighted by Gasteiger charge is 2.21. The summed E-state index contributed by atoms with van der Waals surface area (Å²) in [6, 6.07) is 0. The molecule has 0 amide bonds. The first-order valence-corrected chi connectivity index (χ1v) is 7.66. The van der Waals surface area contributed by atoms with E-state index in [1.54, 1.807) is 28.4 Å². The highest BCUT2D eigenvalue weighted by Crippen LogP contribution is 2.15. The van der Waals surface area contributed by atoms with Crippen LogP contribution in [0.3, 0.4) is 0 Å². The average molecular weight is 262 g/mol. The van der Waals surface area contributed by atoms with E-state index in [1.165, 1.54) is 0 Å². The van der Waals surface area contributed by atoms with Crippen molar-refractivity contribution in [1.29, 1.82) is 0 Å². The molecule has 4 nitrogen and oxygen atoms in total. The van der Waals surface area contributed by atoms with Crippen LogP contribution in [0.5, 0.6) is 0 Å². The fraction of sp³-hybridized carbons (Fsp3) is 1.00. The third-order valence-electron chi connectivity index (χ3n) is 2.11. The lowest BCUT2D eigenvalue weighted by Crippen LogP contribution is -2.34. The van der Waals surface area contributed by atoms with Gasteiger partial charge in [-0.25, -0.2) is 0 Å². The van der Waals surface area contributed by atoms with E-state index >= 15 is 0 Å². The topological polar surface area (TPSA) is 36.9 Å². The van der Waals surface area contributed by atoms with E-state index in [2.05, 4.69) is 6.92 Å². The van der Waals surface area contributed by atoms with Gasteiger partial charge in [0.2, 0.25) is 0 Å². The lowest BCUT2D eigenvalue weighted by atomic mass is 10.4. The van der Waals surface area contributed by atoms with Crippen molar-refractivity contribution in [3.63, 3.8) is 0 Å². The van der Waals surface area contributed by atoms with Crippen LogP contribution in [0.1, 0.15) is 19.8 Å². The van der Waals surface area contributed by atoms with Gasteiger partial charge in [0.1, 0.15) is 30.9 Å². The Balaban J connectivity index is 4.13. The van der Waals surface area contributed by atoms with Crippen LogP contribution in [0.25, 0.3) is 0 Å². The predicted molar refractivity (Wildman–Crippen MR) is 65.8 cm³/mol. The summed E-state index contributed by atoms with van der Waals surface area (Å²) in [5.41, 5.74) is 0. The standard InChI is InChI=1S/C10H22O4Si2/c1-6-7-8(15-9(11-2)12-3)16-10(13-4)14-5/h8-10H,6-7H2,1-5H3. The second kappa shape index (κ2) is 10.4. The summed E-state index contributed by atoms with van der Waals surface area (Å²) in [6.07, 6.45) is 2.31. The molecule has 0 atom stereocenters. The van der Waals surface area contributed by atoms with Gasteiger partial charge in [0.25, 0.3) is 0 Å². The normalized spacial score (nSPS) is 12.0. The summed E-state index contributed by atoms with van der Waals surface area (Å²) in [6.45, 7) is 2.19. The molecule has 0 spiro atoms. The molecule has 0 aliphatic rings. The lowest BCUT2D eigenvalue weighted by Gasteiger charge is -2.22. The second-order valence-electron chi connectivity index (χ2n) is 3.28. The Kier molecular flexibility index (Phi) is 10.6. The highest BCUT2D eigenvalue weighted by molar-refractivity contribution is 6.59. The molecule has 0 N–H and O–H groups in total. The minimum absolute atomic E-state index is 0.0987. The number of ether oxygens (including phenoxy) is 4. The molecule has 0 fully saturated rings. The monoisotopic (exact) mass is 262 g/mol. The largest absolute Gasteiger partial charge is 0.360 e. The van der Waals surface area contributed by atoms with Crippen LogP contribution < -0.4 is 0 Å². The minimum Gasteiger partial charge on any atom is -0.360 e. The number of hydrogen-bond acceptors (Lipinski definition) is 4. The molecule has 0 aliphatic carbocycles. The molecule has 6 heteroatoms. The van der Waals surface area contributed by atoms with Crippen molar-refractivity contribution < 1.29 is 18.9 Å². The summed E-state index contributed by atoms with van der Waals surface area (Å²) in [5.74, 6) is -0.197. The lowest BCUT2D eigenvalue weighted by molar-refractivity contribution is -0.0474. The van der Waals surface area contributed by atoms with E-state index < -0.39 is 0 Å². The van der Waals surface area contributed by atoms with Gasteiger partial charge in [0.15, 0.2) is 0 Å². The highest BCUT2D eigenvalue weighted by atomic mass is 28.3.